The molecule has 2 aromatic heterocycles. The summed E-state index contributed by atoms with van der Waals surface area (Å²) in [6, 6.07) is 7.27. The lowest BCUT2D eigenvalue weighted by molar-refractivity contribution is 0.456. The lowest BCUT2D eigenvalue weighted by Crippen LogP contribution is -2.23. The third kappa shape index (κ3) is 9.84. The van der Waals surface area contributed by atoms with Crippen LogP contribution in [0.25, 0.3) is 0 Å². The first-order valence-electron chi connectivity index (χ1n) is 9.50. The van der Waals surface area contributed by atoms with Crippen molar-refractivity contribution in [2.24, 2.45) is 9.98 Å². The molecule has 2 saturated heterocycles. The minimum absolute atomic E-state index is 0.490. The Morgan fingerprint density at radius 2 is 1.78 bits per heavy atom. The summed E-state index contributed by atoms with van der Waals surface area (Å²) >= 11 is 20.1. The molecule has 2 aliphatic heterocycles. The van der Waals surface area contributed by atoms with Gasteiger partial charge in [0.25, 0.3) is 0 Å². The zero-order valence-electron chi connectivity index (χ0n) is 17.3. The van der Waals surface area contributed by atoms with Crippen LogP contribution in [0, 0.1) is 11.5 Å². The van der Waals surface area contributed by atoms with Crippen LogP contribution in [0.4, 0.5) is 0 Å². The number of pyridine rings is 2. The molecule has 0 aliphatic carbocycles. The Hall–Kier alpha value is -1.70. The second kappa shape index (κ2) is 15.2. The van der Waals surface area contributed by atoms with Gasteiger partial charge in [0.2, 0.25) is 6.19 Å². The molecule has 7 nitrogen and oxygen atoms in total. The van der Waals surface area contributed by atoms with Gasteiger partial charge in [-0.05, 0) is 23.3 Å². The molecule has 170 valence electrons. The van der Waals surface area contributed by atoms with E-state index in [0.29, 0.717) is 16.2 Å². The molecule has 32 heavy (non-hydrogen) atoms. The molecule has 12 heteroatoms. The summed E-state index contributed by atoms with van der Waals surface area (Å²) < 4.78 is 0. The summed E-state index contributed by atoms with van der Waals surface area (Å²) in [5.41, 5.74) is 2.05. The van der Waals surface area contributed by atoms with Crippen LogP contribution in [0.5, 0.6) is 0 Å². The normalized spacial score (nSPS) is 17.2. The van der Waals surface area contributed by atoms with Gasteiger partial charge < -0.3 is 10.2 Å². The van der Waals surface area contributed by atoms with E-state index in [1.54, 1.807) is 55.1 Å². The Labute approximate surface area is 211 Å². The van der Waals surface area contributed by atoms with E-state index < -0.39 is 0 Å². The highest BCUT2D eigenvalue weighted by Gasteiger charge is 2.19. The number of hydrogen-bond acceptors (Lipinski definition) is 7. The van der Waals surface area contributed by atoms with Crippen LogP contribution in [0.1, 0.15) is 11.1 Å². The molecule has 0 saturated carbocycles. The molecule has 0 atom stereocenters. The summed E-state index contributed by atoms with van der Waals surface area (Å²) in [5.74, 6) is 2.64. The van der Waals surface area contributed by atoms with Crippen molar-refractivity contribution in [3.8, 4) is 6.19 Å². The molecule has 0 spiro atoms. The van der Waals surface area contributed by atoms with Crippen molar-refractivity contribution in [1.29, 1.82) is 5.26 Å². The van der Waals surface area contributed by atoms with Crippen LogP contribution >= 0.6 is 58.3 Å². The molecule has 0 aromatic carbocycles. The van der Waals surface area contributed by atoms with Gasteiger partial charge in [0, 0.05) is 56.5 Å². The van der Waals surface area contributed by atoms with Gasteiger partial charge in [0.05, 0.1) is 0 Å². The number of rotatable bonds is 3. The number of nitriles is 1. The highest BCUT2D eigenvalue weighted by molar-refractivity contribution is 8.14. The predicted octanol–water partition coefficient (Wildman–Crippen LogP) is 4.90. The fourth-order valence-electron chi connectivity index (χ4n) is 2.43. The standard InChI is InChI=1S/C10H9ClN4S.C6H5Cl2N.C4H8N2S/c11-9-2-1-8(5-13-9)6-15-3-4-16-10(15)14-7-12;7-3-5-1-2-6(8)9-4-5;1-5-4-6-2-3-7-4/h1-2,5H,3-4,6H2;1-2,4H,3H2;2-3H2,1H3,(H,5,6). The first kappa shape index (κ1) is 26.6. The molecule has 4 rings (SSSR count). The smallest absolute Gasteiger partial charge is 0.208 e. The van der Waals surface area contributed by atoms with Crippen molar-refractivity contribution in [3.05, 3.63) is 58.1 Å². The number of halogens is 3. The minimum Gasteiger partial charge on any atom is -0.364 e. The van der Waals surface area contributed by atoms with Crippen LogP contribution in [0.15, 0.2) is 46.6 Å². The zero-order chi connectivity index (χ0) is 23.2. The fraction of sp³-hybridized carbons (Fsp3) is 0.350. The third-order valence-electron chi connectivity index (χ3n) is 3.93. The molecule has 1 N–H and O–H groups in total. The Kier molecular flexibility index (Phi) is 12.6. The number of thioether (sulfide) groups is 2. The van der Waals surface area contributed by atoms with E-state index in [0.717, 1.165) is 46.8 Å². The maximum absolute atomic E-state index is 8.54. The van der Waals surface area contributed by atoms with E-state index in [-0.39, 0.29) is 0 Å². The zero-order valence-corrected chi connectivity index (χ0v) is 21.2. The Balaban J connectivity index is 0.000000191. The maximum Gasteiger partial charge on any atom is 0.208 e. The lowest BCUT2D eigenvalue weighted by atomic mass is 10.3. The van der Waals surface area contributed by atoms with E-state index in [4.69, 9.17) is 40.1 Å². The van der Waals surface area contributed by atoms with E-state index in [1.807, 2.05) is 18.3 Å². The number of amidine groups is 2. The van der Waals surface area contributed by atoms with Gasteiger partial charge >= 0.3 is 0 Å². The van der Waals surface area contributed by atoms with Gasteiger partial charge in [-0.15, -0.1) is 16.6 Å². The fourth-order valence-corrected chi connectivity index (χ4v) is 4.48. The first-order chi connectivity index (χ1) is 15.5. The molecule has 4 heterocycles. The average molecular weight is 531 g/mol. The van der Waals surface area contributed by atoms with E-state index >= 15 is 0 Å². The molecule has 2 aromatic rings. The molecule has 2 fully saturated rings. The molecular weight excluding hydrogens is 509 g/mol. The van der Waals surface area contributed by atoms with Crippen LogP contribution < -0.4 is 5.32 Å². The number of hydrogen-bond donors (Lipinski definition) is 1. The van der Waals surface area contributed by atoms with Crippen molar-refractivity contribution >= 4 is 68.7 Å². The summed E-state index contributed by atoms with van der Waals surface area (Å²) in [6.07, 6.45) is 5.23. The monoisotopic (exact) mass is 529 g/mol. The number of nitrogens with one attached hydrogen (secondary N) is 1. The highest BCUT2D eigenvalue weighted by Crippen LogP contribution is 2.20. The number of aliphatic imine (C=N–C) groups is 2. The van der Waals surface area contributed by atoms with Gasteiger partial charge in [0.1, 0.15) is 10.3 Å². The first-order valence-corrected chi connectivity index (χ1v) is 12.8. The average Bonchev–Trinajstić information content (AvgIpc) is 3.49. The summed E-state index contributed by atoms with van der Waals surface area (Å²) in [4.78, 5) is 17.7. The van der Waals surface area contributed by atoms with E-state index in [2.05, 4.69) is 30.2 Å². The maximum atomic E-state index is 8.54. The van der Waals surface area contributed by atoms with Gasteiger partial charge in [-0.3, -0.25) is 4.99 Å². The minimum atomic E-state index is 0.490. The van der Waals surface area contributed by atoms with Crippen molar-refractivity contribution in [3.63, 3.8) is 0 Å². The molecule has 2 aliphatic rings. The summed E-state index contributed by atoms with van der Waals surface area (Å²) in [7, 11) is 1.81. The van der Waals surface area contributed by atoms with Gasteiger partial charge in [-0.1, -0.05) is 58.9 Å². The number of aromatic nitrogens is 2. The molecule has 0 radical (unpaired) electrons. The van der Waals surface area contributed by atoms with Gasteiger partial charge in [0.15, 0.2) is 10.3 Å². The van der Waals surface area contributed by atoms with Crippen LogP contribution in [-0.4, -0.2) is 56.8 Å². The number of nitrogens with zero attached hydrogens (tertiary/aromatic N) is 6. The lowest BCUT2D eigenvalue weighted by Gasteiger charge is -2.16. The molecule has 0 unspecified atom stereocenters. The third-order valence-corrected chi connectivity index (χ3v) is 6.69. The highest BCUT2D eigenvalue weighted by atomic mass is 35.5. The summed E-state index contributed by atoms with van der Waals surface area (Å²) in [5, 5.41) is 14.5. The largest absolute Gasteiger partial charge is 0.364 e. The van der Waals surface area contributed by atoms with Crippen molar-refractivity contribution in [1.82, 2.24) is 20.2 Å². The van der Waals surface area contributed by atoms with E-state index in [9.17, 15) is 0 Å². The van der Waals surface area contributed by atoms with Crippen molar-refractivity contribution in [2.45, 2.75) is 12.4 Å². The Morgan fingerprint density at radius 3 is 2.25 bits per heavy atom. The van der Waals surface area contributed by atoms with Crippen molar-refractivity contribution in [2.75, 3.05) is 31.6 Å². The SMILES string of the molecule is CN=C1NCCS1.ClCc1ccc(Cl)nc1.N#CN=C1SCCN1Cc1ccc(Cl)nc1. The van der Waals surface area contributed by atoms with Crippen LogP contribution in [0.3, 0.4) is 0 Å². The second-order valence-corrected chi connectivity index (χ2v) is 9.37. The van der Waals surface area contributed by atoms with E-state index in [1.165, 1.54) is 5.75 Å². The second-order valence-electron chi connectivity index (χ2n) is 6.18. The molecule has 0 amide bonds. The Bertz CT molecular complexity index is 924. The number of alkyl halides is 1. The van der Waals surface area contributed by atoms with Crippen molar-refractivity contribution < 1.29 is 0 Å². The topological polar surface area (TPSA) is 89.6 Å². The van der Waals surface area contributed by atoms with Gasteiger partial charge in [-0.2, -0.15) is 5.26 Å². The molecule has 0 bridgehead atoms. The van der Waals surface area contributed by atoms with Gasteiger partial charge in [-0.25, -0.2) is 9.97 Å². The van der Waals surface area contributed by atoms with Crippen LogP contribution in [-0.2, 0) is 12.4 Å². The van der Waals surface area contributed by atoms with Crippen LogP contribution in [0.2, 0.25) is 10.3 Å². The quantitative estimate of drug-likeness (QED) is 0.343. The summed E-state index contributed by atoms with van der Waals surface area (Å²) in [6.45, 7) is 2.71. The Morgan fingerprint density at radius 1 is 1.09 bits per heavy atom. The predicted molar refractivity (Wildman–Crippen MR) is 138 cm³/mol. The molecular formula is C20H22Cl3N7S2.